The summed E-state index contributed by atoms with van der Waals surface area (Å²) in [5.74, 6) is 0.920. The van der Waals surface area contributed by atoms with E-state index in [0.29, 0.717) is 13.2 Å². The minimum atomic E-state index is 0.229. The van der Waals surface area contributed by atoms with E-state index in [2.05, 4.69) is 23.5 Å². The summed E-state index contributed by atoms with van der Waals surface area (Å²) in [6.07, 6.45) is 7.39. The van der Waals surface area contributed by atoms with Gasteiger partial charge in [-0.05, 0) is 56.8 Å². The van der Waals surface area contributed by atoms with Gasteiger partial charge < -0.3 is 15.8 Å². The van der Waals surface area contributed by atoms with Crippen molar-refractivity contribution in [1.29, 1.82) is 0 Å². The van der Waals surface area contributed by atoms with Crippen LogP contribution in [0.25, 0.3) is 0 Å². The van der Waals surface area contributed by atoms with E-state index in [0.717, 1.165) is 18.7 Å². The van der Waals surface area contributed by atoms with Crippen LogP contribution in [0.5, 0.6) is 5.75 Å². The fourth-order valence-electron chi connectivity index (χ4n) is 2.67. The van der Waals surface area contributed by atoms with Gasteiger partial charge in [0.25, 0.3) is 0 Å². The second-order valence-corrected chi connectivity index (χ2v) is 5.25. The summed E-state index contributed by atoms with van der Waals surface area (Å²) in [5.41, 5.74) is 8.72. The summed E-state index contributed by atoms with van der Waals surface area (Å²) in [4.78, 5) is 0. The van der Waals surface area contributed by atoms with E-state index in [1.54, 1.807) is 5.57 Å². The molecule has 1 aromatic carbocycles. The van der Waals surface area contributed by atoms with Crippen LogP contribution in [-0.4, -0.2) is 19.7 Å². The monoisotopic (exact) mass is 274 g/mol. The number of nitrogens with two attached hydrogens (primary N) is 1. The molecule has 0 saturated heterocycles. The molecule has 1 aromatic rings. The Balaban J connectivity index is 1.83. The Bertz CT molecular complexity index is 425. The summed E-state index contributed by atoms with van der Waals surface area (Å²) in [6, 6.07) is 8.47. The highest BCUT2D eigenvalue weighted by Crippen LogP contribution is 2.21. The number of allylic oxidation sites excluding steroid dienone is 1. The third-order valence-corrected chi connectivity index (χ3v) is 3.80. The highest BCUT2D eigenvalue weighted by Gasteiger charge is 2.10. The molecule has 1 aliphatic rings. The van der Waals surface area contributed by atoms with E-state index in [1.807, 2.05) is 19.1 Å². The molecule has 3 N–H and O–H groups in total. The first-order chi connectivity index (χ1) is 9.83. The van der Waals surface area contributed by atoms with Gasteiger partial charge in [-0.15, -0.1) is 0 Å². The van der Waals surface area contributed by atoms with E-state index >= 15 is 0 Å². The average Bonchev–Trinajstić information content (AvgIpc) is 2.98. The summed E-state index contributed by atoms with van der Waals surface area (Å²) >= 11 is 0. The Morgan fingerprint density at radius 1 is 1.30 bits per heavy atom. The SMILES string of the molecule is CCOc1ccc(C(CN)NCCC2=CCCC2)cc1. The molecule has 0 fully saturated rings. The van der Waals surface area contributed by atoms with Crippen molar-refractivity contribution in [3.63, 3.8) is 0 Å². The molecule has 0 aliphatic heterocycles. The molecule has 1 unspecified atom stereocenters. The summed E-state index contributed by atoms with van der Waals surface area (Å²) in [5, 5.41) is 3.56. The maximum absolute atomic E-state index is 5.89. The van der Waals surface area contributed by atoms with Gasteiger partial charge in [0.05, 0.1) is 6.61 Å². The Hall–Kier alpha value is -1.32. The zero-order valence-corrected chi connectivity index (χ0v) is 12.4. The lowest BCUT2D eigenvalue weighted by Crippen LogP contribution is -2.29. The molecular weight excluding hydrogens is 248 g/mol. The van der Waals surface area contributed by atoms with Crippen LogP contribution >= 0.6 is 0 Å². The second kappa shape index (κ2) is 8.08. The molecule has 3 heteroatoms. The van der Waals surface area contributed by atoms with Crippen molar-refractivity contribution in [3.05, 3.63) is 41.5 Å². The lowest BCUT2D eigenvalue weighted by molar-refractivity contribution is 0.340. The van der Waals surface area contributed by atoms with Crippen LogP contribution < -0.4 is 15.8 Å². The minimum Gasteiger partial charge on any atom is -0.494 e. The molecule has 20 heavy (non-hydrogen) atoms. The lowest BCUT2D eigenvalue weighted by Gasteiger charge is -2.18. The third-order valence-electron chi connectivity index (χ3n) is 3.80. The molecule has 0 aromatic heterocycles. The summed E-state index contributed by atoms with van der Waals surface area (Å²) in [7, 11) is 0. The molecule has 0 saturated carbocycles. The molecule has 3 nitrogen and oxygen atoms in total. The number of nitrogens with one attached hydrogen (secondary N) is 1. The molecule has 0 spiro atoms. The quantitative estimate of drug-likeness (QED) is 0.716. The second-order valence-electron chi connectivity index (χ2n) is 5.25. The number of ether oxygens (including phenoxy) is 1. The van der Waals surface area contributed by atoms with Crippen LogP contribution in [0, 0.1) is 0 Å². The highest BCUT2D eigenvalue weighted by molar-refractivity contribution is 5.29. The Morgan fingerprint density at radius 2 is 2.10 bits per heavy atom. The van der Waals surface area contributed by atoms with E-state index in [4.69, 9.17) is 10.5 Å². The lowest BCUT2D eigenvalue weighted by atomic mass is 10.1. The van der Waals surface area contributed by atoms with Crippen LogP contribution in [-0.2, 0) is 0 Å². The van der Waals surface area contributed by atoms with Crippen molar-refractivity contribution < 1.29 is 4.74 Å². The van der Waals surface area contributed by atoms with Crippen molar-refractivity contribution in [2.45, 2.75) is 38.6 Å². The molecule has 1 atom stereocenters. The summed E-state index contributed by atoms with van der Waals surface area (Å²) in [6.45, 7) is 4.32. The van der Waals surface area contributed by atoms with Gasteiger partial charge >= 0.3 is 0 Å². The van der Waals surface area contributed by atoms with Crippen LogP contribution in [0.3, 0.4) is 0 Å². The van der Waals surface area contributed by atoms with Crippen molar-refractivity contribution in [2.24, 2.45) is 5.73 Å². The maximum atomic E-state index is 5.89. The molecule has 0 bridgehead atoms. The van der Waals surface area contributed by atoms with Crippen molar-refractivity contribution in [2.75, 3.05) is 19.7 Å². The first-order valence-corrected chi connectivity index (χ1v) is 7.67. The molecule has 110 valence electrons. The third kappa shape index (κ3) is 4.36. The van der Waals surface area contributed by atoms with Crippen LogP contribution in [0.4, 0.5) is 0 Å². The van der Waals surface area contributed by atoms with E-state index in [1.165, 1.54) is 24.8 Å². The predicted molar refractivity (Wildman–Crippen MR) is 84.0 cm³/mol. The fourth-order valence-corrected chi connectivity index (χ4v) is 2.67. The number of benzene rings is 1. The molecule has 0 radical (unpaired) electrons. The van der Waals surface area contributed by atoms with Gasteiger partial charge in [-0.25, -0.2) is 0 Å². The normalized spacial score (nSPS) is 16.0. The fraction of sp³-hybridized carbons (Fsp3) is 0.529. The molecule has 1 aliphatic carbocycles. The van der Waals surface area contributed by atoms with Gasteiger partial charge in [0.2, 0.25) is 0 Å². The minimum absolute atomic E-state index is 0.229. The first-order valence-electron chi connectivity index (χ1n) is 7.67. The molecular formula is C17H26N2O. The topological polar surface area (TPSA) is 47.3 Å². The largest absolute Gasteiger partial charge is 0.494 e. The zero-order chi connectivity index (χ0) is 14.2. The van der Waals surface area contributed by atoms with Gasteiger partial charge in [-0.1, -0.05) is 23.8 Å². The Labute approximate surface area is 122 Å². The predicted octanol–water partition coefficient (Wildman–Crippen LogP) is 3.18. The van der Waals surface area contributed by atoms with Crippen LogP contribution in [0.15, 0.2) is 35.9 Å². The molecule has 0 heterocycles. The van der Waals surface area contributed by atoms with Crippen molar-refractivity contribution in [1.82, 2.24) is 5.32 Å². The maximum Gasteiger partial charge on any atom is 0.119 e. The van der Waals surface area contributed by atoms with Gasteiger partial charge in [0, 0.05) is 12.6 Å². The van der Waals surface area contributed by atoms with Crippen molar-refractivity contribution in [3.8, 4) is 5.75 Å². The van der Waals surface area contributed by atoms with Gasteiger partial charge in [-0.3, -0.25) is 0 Å². The number of hydrogen-bond acceptors (Lipinski definition) is 3. The van der Waals surface area contributed by atoms with Gasteiger partial charge in [-0.2, -0.15) is 0 Å². The molecule has 2 rings (SSSR count). The summed E-state index contributed by atoms with van der Waals surface area (Å²) < 4.78 is 5.46. The van der Waals surface area contributed by atoms with Gasteiger partial charge in [0.15, 0.2) is 0 Å². The Morgan fingerprint density at radius 3 is 2.70 bits per heavy atom. The van der Waals surface area contributed by atoms with E-state index in [-0.39, 0.29) is 6.04 Å². The standard InChI is InChI=1S/C17H26N2O/c1-2-20-16-9-7-15(8-10-16)17(13-18)19-12-11-14-5-3-4-6-14/h5,7-10,17,19H,2-4,6,11-13,18H2,1H3. The van der Waals surface area contributed by atoms with E-state index < -0.39 is 0 Å². The first kappa shape index (κ1) is 15.1. The number of hydrogen-bond donors (Lipinski definition) is 2. The molecule has 0 amide bonds. The smallest absolute Gasteiger partial charge is 0.119 e. The van der Waals surface area contributed by atoms with Gasteiger partial charge in [0.1, 0.15) is 5.75 Å². The zero-order valence-electron chi connectivity index (χ0n) is 12.4. The Kier molecular flexibility index (Phi) is 6.09. The number of rotatable bonds is 8. The van der Waals surface area contributed by atoms with Crippen molar-refractivity contribution >= 4 is 0 Å². The van der Waals surface area contributed by atoms with Crippen LogP contribution in [0.1, 0.15) is 44.2 Å². The average molecular weight is 274 g/mol. The van der Waals surface area contributed by atoms with E-state index in [9.17, 15) is 0 Å². The van der Waals surface area contributed by atoms with Crippen LogP contribution in [0.2, 0.25) is 0 Å². The highest BCUT2D eigenvalue weighted by atomic mass is 16.5.